The second kappa shape index (κ2) is 6.29. The van der Waals surface area contributed by atoms with Crippen molar-refractivity contribution in [2.45, 2.75) is 38.5 Å². The van der Waals surface area contributed by atoms with Crippen LogP contribution in [0.15, 0.2) is 28.7 Å². The van der Waals surface area contributed by atoms with E-state index in [0.717, 1.165) is 22.7 Å². The molecule has 1 fully saturated rings. The predicted molar refractivity (Wildman–Crippen MR) is 70.8 cm³/mol. The van der Waals surface area contributed by atoms with Crippen molar-refractivity contribution in [1.82, 2.24) is 0 Å². The smallest absolute Gasteiger partial charge is 0.120 e. The summed E-state index contributed by atoms with van der Waals surface area (Å²) in [6, 6.07) is 8.11. The van der Waals surface area contributed by atoms with Gasteiger partial charge in [-0.05, 0) is 37.0 Å². The molecule has 0 saturated heterocycles. The Bertz CT molecular complexity index is 316. The number of hydrogen-bond donors (Lipinski definition) is 0. The van der Waals surface area contributed by atoms with Gasteiger partial charge in [0.15, 0.2) is 0 Å². The van der Waals surface area contributed by atoms with Gasteiger partial charge < -0.3 is 4.74 Å². The van der Waals surface area contributed by atoms with Gasteiger partial charge in [0, 0.05) is 4.47 Å². The van der Waals surface area contributed by atoms with Crippen molar-refractivity contribution in [2.75, 3.05) is 6.61 Å². The van der Waals surface area contributed by atoms with Crippen LogP contribution in [0, 0.1) is 5.92 Å². The maximum atomic E-state index is 5.85. The predicted octanol–water partition coefficient (Wildman–Crippen LogP) is 4.80. The van der Waals surface area contributed by atoms with Crippen LogP contribution >= 0.6 is 15.9 Å². The quantitative estimate of drug-likeness (QED) is 0.724. The molecule has 0 radical (unpaired) electrons. The van der Waals surface area contributed by atoms with E-state index in [2.05, 4.69) is 15.9 Å². The molecule has 16 heavy (non-hydrogen) atoms. The fraction of sp³-hybridized carbons (Fsp3) is 0.571. The first-order valence-electron chi connectivity index (χ1n) is 6.23. The van der Waals surface area contributed by atoms with Crippen molar-refractivity contribution in [2.24, 2.45) is 5.92 Å². The van der Waals surface area contributed by atoms with Gasteiger partial charge in [0.25, 0.3) is 0 Å². The average molecular weight is 283 g/mol. The van der Waals surface area contributed by atoms with Crippen LogP contribution in [0.4, 0.5) is 0 Å². The summed E-state index contributed by atoms with van der Waals surface area (Å²) in [4.78, 5) is 0. The Morgan fingerprint density at radius 2 is 1.88 bits per heavy atom. The molecule has 0 N–H and O–H groups in total. The van der Waals surface area contributed by atoms with Crippen LogP contribution in [0.5, 0.6) is 5.75 Å². The van der Waals surface area contributed by atoms with Gasteiger partial charge in [0.2, 0.25) is 0 Å². The van der Waals surface area contributed by atoms with Gasteiger partial charge in [-0.25, -0.2) is 0 Å². The summed E-state index contributed by atoms with van der Waals surface area (Å²) in [5, 5.41) is 0. The zero-order valence-corrected chi connectivity index (χ0v) is 11.2. The SMILES string of the molecule is Brc1cccc(OCC2CCCCCC2)c1. The van der Waals surface area contributed by atoms with E-state index in [4.69, 9.17) is 4.74 Å². The largest absolute Gasteiger partial charge is 0.493 e. The summed E-state index contributed by atoms with van der Waals surface area (Å²) in [6.07, 6.45) is 8.27. The van der Waals surface area contributed by atoms with Crippen molar-refractivity contribution >= 4 is 15.9 Å². The molecule has 0 aliphatic heterocycles. The van der Waals surface area contributed by atoms with Crippen LogP contribution < -0.4 is 4.74 Å². The Balaban J connectivity index is 1.81. The zero-order valence-electron chi connectivity index (χ0n) is 9.62. The molecule has 1 saturated carbocycles. The number of hydrogen-bond acceptors (Lipinski definition) is 1. The van der Waals surface area contributed by atoms with E-state index in [-0.39, 0.29) is 0 Å². The summed E-state index contributed by atoms with van der Waals surface area (Å²) in [5.41, 5.74) is 0. The van der Waals surface area contributed by atoms with Crippen molar-refractivity contribution < 1.29 is 4.74 Å². The van der Waals surface area contributed by atoms with Crippen LogP contribution in [-0.2, 0) is 0 Å². The standard InChI is InChI=1S/C14H19BrO/c15-13-8-5-9-14(10-13)16-11-12-6-3-1-2-4-7-12/h5,8-10,12H,1-4,6-7,11H2. The summed E-state index contributed by atoms with van der Waals surface area (Å²) < 4.78 is 6.94. The van der Waals surface area contributed by atoms with Crippen molar-refractivity contribution in [3.63, 3.8) is 0 Å². The minimum atomic E-state index is 0.765. The van der Waals surface area contributed by atoms with Gasteiger partial charge >= 0.3 is 0 Å². The van der Waals surface area contributed by atoms with E-state index in [9.17, 15) is 0 Å². The zero-order chi connectivity index (χ0) is 11.2. The van der Waals surface area contributed by atoms with Gasteiger partial charge in [-0.1, -0.05) is 47.7 Å². The Morgan fingerprint density at radius 3 is 2.56 bits per heavy atom. The van der Waals surface area contributed by atoms with Crippen molar-refractivity contribution in [1.29, 1.82) is 0 Å². The summed E-state index contributed by atoms with van der Waals surface area (Å²) >= 11 is 3.46. The van der Waals surface area contributed by atoms with Gasteiger partial charge in [0.05, 0.1) is 6.61 Å². The van der Waals surface area contributed by atoms with E-state index in [1.165, 1.54) is 38.5 Å². The van der Waals surface area contributed by atoms with Crippen LogP contribution in [-0.4, -0.2) is 6.61 Å². The van der Waals surface area contributed by atoms with Crippen molar-refractivity contribution in [3.8, 4) is 5.75 Å². The molecule has 0 amide bonds. The van der Waals surface area contributed by atoms with E-state index in [1.807, 2.05) is 24.3 Å². The highest BCUT2D eigenvalue weighted by Crippen LogP contribution is 2.24. The fourth-order valence-corrected chi connectivity index (χ4v) is 2.68. The van der Waals surface area contributed by atoms with Crippen LogP contribution in [0.2, 0.25) is 0 Å². The van der Waals surface area contributed by atoms with E-state index >= 15 is 0 Å². The van der Waals surface area contributed by atoms with Crippen LogP contribution in [0.1, 0.15) is 38.5 Å². The fourth-order valence-electron chi connectivity index (χ4n) is 2.30. The van der Waals surface area contributed by atoms with Gasteiger partial charge in [0.1, 0.15) is 5.75 Å². The highest BCUT2D eigenvalue weighted by molar-refractivity contribution is 9.10. The number of benzene rings is 1. The normalized spacial score (nSPS) is 18.1. The van der Waals surface area contributed by atoms with Crippen LogP contribution in [0.3, 0.4) is 0 Å². The third kappa shape index (κ3) is 3.82. The van der Waals surface area contributed by atoms with Gasteiger partial charge in [-0.2, -0.15) is 0 Å². The third-order valence-corrected chi connectivity index (χ3v) is 3.75. The lowest BCUT2D eigenvalue weighted by Gasteiger charge is -2.15. The average Bonchev–Trinajstić information content (AvgIpc) is 2.55. The number of ether oxygens (including phenoxy) is 1. The monoisotopic (exact) mass is 282 g/mol. The molecule has 1 aromatic carbocycles. The van der Waals surface area contributed by atoms with Crippen molar-refractivity contribution in [3.05, 3.63) is 28.7 Å². The van der Waals surface area contributed by atoms with E-state index < -0.39 is 0 Å². The molecule has 0 heterocycles. The Morgan fingerprint density at radius 1 is 1.12 bits per heavy atom. The lowest BCUT2D eigenvalue weighted by molar-refractivity contribution is 0.233. The molecule has 1 nitrogen and oxygen atoms in total. The first-order valence-corrected chi connectivity index (χ1v) is 7.02. The highest BCUT2D eigenvalue weighted by Gasteiger charge is 2.12. The maximum Gasteiger partial charge on any atom is 0.120 e. The Labute approximate surface area is 106 Å². The molecule has 0 unspecified atom stereocenters. The van der Waals surface area contributed by atoms with E-state index in [0.29, 0.717) is 0 Å². The Kier molecular flexibility index (Phi) is 4.70. The van der Waals surface area contributed by atoms with E-state index in [1.54, 1.807) is 0 Å². The second-order valence-corrected chi connectivity index (χ2v) is 5.54. The van der Waals surface area contributed by atoms with Gasteiger partial charge in [-0.3, -0.25) is 0 Å². The molecule has 1 aliphatic rings. The molecule has 0 atom stereocenters. The van der Waals surface area contributed by atoms with Gasteiger partial charge in [-0.15, -0.1) is 0 Å². The summed E-state index contributed by atoms with van der Waals surface area (Å²) in [5.74, 6) is 1.75. The molecule has 0 spiro atoms. The molecule has 0 bridgehead atoms. The second-order valence-electron chi connectivity index (χ2n) is 4.63. The minimum absolute atomic E-state index is 0.765. The molecule has 0 aromatic heterocycles. The highest BCUT2D eigenvalue weighted by atomic mass is 79.9. The maximum absolute atomic E-state index is 5.85. The Hall–Kier alpha value is -0.500. The molecular formula is C14H19BrO. The molecule has 88 valence electrons. The minimum Gasteiger partial charge on any atom is -0.493 e. The molecule has 2 rings (SSSR count). The summed E-state index contributed by atoms with van der Waals surface area (Å²) in [7, 11) is 0. The lowest BCUT2D eigenvalue weighted by atomic mass is 10.0. The number of halogens is 1. The third-order valence-electron chi connectivity index (χ3n) is 3.26. The molecular weight excluding hydrogens is 264 g/mol. The topological polar surface area (TPSA) is 9.23 Å². The van der Waals surface area contributed by atoms with Crippen LogP contribution in [0.25, 0.3) is 0 Å². The molecule has 1 aromatic rings. The lowest BCUT2D eigenvalue weighted by Crippen LogP contribution is -2.11. The number of rotatable bonds is 3. The molecule has 1 aliphatic carbocycles. The summed E-state index contributed by atoms with van der Waals surface area (Å²) in [6.45, 7) is 0.885. The first kappa shape index (κ1) is 12.0. The first-order chi connectivity index (χ1) is 7.84. The molecule has 2 heteroatoms.